The topological polar surface area (TPSA) is 140 Å². The molecule has 15 nitrogen and oxygen atoms in total. The van der Waals surface area contributed by atoms with Crippen LogP contribution in [0, 0.1) is 5.41 Å². The third kappa shape index (κ3) is 20.7. The highest BCUT2D eigenvalue weighted by atomic mass is 28.4. The number of ether oxygens (including phenoxy) is 4. The number of carbonyl (C=O) groups is 1. The Morgan fingerprint density at radius 3 is 1.19 bits per heavy atom. The van der Waals surface area contributed by atoms with E-state index in [0.29, 0.717) is 4.90 Å². The van der Waals surface area contributed by atoms with Crippen LogP contribution in [-0.2, 0) is 63.6 Å². The van der Waals surface area contributed by atoms with Crippen LogP contribution >= 0.6 is 0 Å². The Bertz CT molecular complexity index is 1050. The molecule has 0 aromatic heterocycles. The quantitative estimate of drug-likeness (QED) is 0.0517. The van der Waals surface area contributed by atoms with Crippen molar-refractivity contribution in [3.8, 4) is 0 Å². The fourth-order valence-electron chi connectivity index (χ4n) is 6.32. The minimum atomic E-state index is -4.75. The van der Waals surface area contributed by atoms with Crippen molar-refractivity contribution < 1.29 is 98.7 Å². The average molecular weight is 922 g/mol. The molecule has 0 aromatic rings. The molecule has 0 aliphatic rings. The van der Waals surface area contributed by atoms with Crippen LogP contribution < -0.4 is 0 Å². The summed E-state index contributed by atoms with van der Waals surface area (Å²) in [6, 6.07) is 0.611. The summed E-state index contributed by atoms with van der Waals surface area (Å²) in [4.78, 5) is 14.2. The number of hydrogen-bond acceptors (Lipinski definition) is 14. The van der Waals surface area contributed by atoms with E-state index in [1.807, 2.05) is 0 Å². The molecule has 0 saturated carbocycles. The molecule has 0 rings (SSSR count). The molecular formula is C32H63F8NO14Si3. The van der Waals surface area contributed by atoms with Crippen LogP contribution in [0.25, 0.3) is 0 Å². The minimum Gasteiger partial charge on any atom is -0.377 e. The highest BCUT2D eigenvalue weighted by Gasteiger charge is 2.49. The van der Waals surface area contributed by atoms with Crippen LogP contribution in [0.5, 0.6) is 0 Å². The normalized spacial score (nSPS) is 14.1. The molecule has 348 valence electrons. The molecule has 0 atom stereocenters. The van der Waals surface area contributed by atoms with Gasteiger partial charge in [0, 0.05) is 102 Å². The lowest BCUT2D eigenvalue weighted by atomic mass is 9.75. The first-order valence-electron chi connectivity index (χ1n) is 18.2. The Hall–Kier alpha value is -0.959. The first-order valence-corrected chi connectivity index (χ1v) is 23.9. The summed E-state index contributed by atoms with van der Waals surface area (Å²) in [6.07, 6.45) is -17.0. The fraction of sp³-hybridized carbons (Fsp3) is 0.969. The number of hydrogen-bond donors (Lipinski definition) is 0. The van der Waals surface area contributed by atoms with Crippen LogP contribution in [0.15, 0.2) is 0 Å². The lowest BCUT2D eigenvalue weighted by Gasteiger charge is -2.41. The largest absolute Gasteiger partial charge is 0.500 e. The Morgan fingerprint density at radius 2 is 0.862 bits per heavy atom. The SMILES string of the molecule is CCOCC(F)(F)OC(F)(F)CN(CC(CCC[Si](OC)(OC)OC)(CCC[Si](OC)(OC)OC)CCC[Si](OC)(OC)OC)C(=O)COCC(F)(F)OC(C)(F)F. The second-order valence-electron chi connectivity index (χ2n) is 13.3. The molecular weight excluding hydrogens is 859 g/mol. The lowest BCUT2D eigenvalue weighted by molar-refractivity contribution is -0.386. The molecule has 0 aliphatic heterocycles. The maximum absolute atomic E-state index is 15.5. The summed E-state index contributed by atoms with van der Waals surface area (Å²) in [6.45, 7) is -6.09. The highest BCUT2D eigenvalue weighted by molar-refractivity contribution is 6.61. The summed E-state index contributed by atoms with van der Waals surface area (Å²) in [7, 11) is 2.78. The van der Waals surface area contributed by atoms with E-state index >= 15 is 8.78 Å². The van der Waals surface area contributed by atoms with E-state index in [1.165, 1.54) is 70.9 Å². The molecule has 0 aromatic carbocycles. The summed E-state index contributed by atoms with van der Waals surface area (Å²) in [5.74, 6) is -1.39. The number of amides is 1. The van der Waals surface area contributed by atoms with Crippen molar-refractivity contribution in [2.45, 2.75) is 94.9 Å². The molecule has 0 heterocycles. The van der Waals surface area contributed by atoms with Crippen LogP contribution in [0.3, 0.4) is 0 Å². The van der Waals surface area contributed by atoms with Crippen LogP contribution in [-0.4, -0.2) is 165 Å². The van der Waals surface area contributed by atoms with Gasteiger partial charge in [0.25, 0.3) is 0 Å². The molecule has 0 radical (unpaired) electrons. The number of halogens is 8. The van der Waals surface area contributed by atoms with Crippen molar-refractivity contribution in [1.82, 2.24) is 4.90 Å². The minimum absolute atomic E-state index is 0.0477. The Labute approximate surface area is 339 Å². The maximum Gasteiger partial charge on any atom is 0.500 e. The second-order valence-corrected chi connectivity index (χ2v) is 22.5. The van der Waals surface area contributed by atoms with Gasteiger partial charge in [0.15, 0.2) is 0 Å². The number of nitrogens with zero attached hydrogens (tertiary/aromatic N) is 1. The van der Waals surface area contributed by atoms with Gasteiger partial charge < -0.3 is 54.2 Å². The monoisotopic (exact) mass is 921 g/mol. The summed E-state index contributed by atoms with van der Waals surface area (Å²) in [5, 5.41) is 0. The smallest absolute Gasteiger partial charge is 0.377 e. The fourth-order valence-corrected chi connectivity index (χ4v) is 11.5. The van der Waals surface area contributed by atoms with Gasteiger partial charge in [-0.25, -0.2) is 0 Å². The molecule has 26 heteroatoms. The molecule has 0 aliphatic carbocycles. The molecule has 1 amide bonds. The summed E-state index contributed by atoms with van der Waals surface area (Å²) in [5.41, 5.74) is -1.20. The van der Waals surface area contributed by atoms with Gasteiger partial charge in [0.05, 0.1) is 0 Å². The summed E-state index contributed by atoms with van der Waals surface area (Å²) >= 11 is 0. The van der Waals surface area contributed by atoms with Crippen LogP contribution in [0.1, 0.15) is 52.4 Å². The van der Waals surface area contributed by atoms with E-state index < -0.39 is 95.1 Å². The molecule has 0 spiro atoms. The zero-order chi connectivity index (χ0) is 45.0. The average Bonchev–Trinajstić information content (AvgIpc) is 3.14. The Kier molecular flexibility index (Phi) is 25.4. The van der Waals surface area contributed by atoms with Gasteiger partial charge in [0.2, 0.25) is 5.91 Å². The third-order valence-electron chi connectivity index (χ3n) is 9.22. The van der Waals surface area contributed by atoms with Gasteiger partial charge in [-0.15, -0.1) is 0 Å². The van der Waals surface area contributed by atoms with E-state index in [2.05, 4.69) is 14.2 Å². The van der Waals surface area contributed by atoms with Gasteiger partial charge in [0.1, 0.15) is 26.4 Å². The van der Waals surface area contributed by atoms with Gasteiger partial charge in [-0.05, 0) is 50.9 Å². The number of alkyl halides is 8. The first-order chi connectivity index (χ1) is 26.8. The van der Waals surface area contributed by atoms with Crippen molar-refractivity contribution in [3.05, 3.63) is 0 Å². The Balaban J connectivity index is 7.31. The van der Waals surface area contributed by atoms with E-state index in [4.69, 9.17) is 44.6 Å². The van der Waals surface area contributed by atoms with Crippen molar-refractivity contribution in [2.24, 2.45) is 5.41 Å². The van der Waals surface area contributed by atoms with E-state index in [9.17, 15) is 31.1 Å². The second kappa shape index (κ2) is 25.9. The van der Waals surface area contributed by atoms with Gasteiger partial charge >= 0.3 is 50.8 Å². The Morgan fingerprint density at radius 1 is 0.517 bits per heavy atom. The zero-order valence-corrected chi connectivity index (χ0v) is 38.3. The van der Waals surface area contributed by atoms with Gasteiger partial charge in [-0.2, -0.15) is 35.1 Å². The van der Waals surface area contributed by atoms with Gasteiger partial charge in [-0.1, -0.05) is 0 Å². The predicted molar refractivity (Wildman–Crippen MR) is 196 cm³/mol. The molecule has 0 saturated heterocycles. The number of carbonyl (C=O) groups excluding carboxylic acids is 1. The van der Waals surface area contributed by atoms with Crippen LogP contribution in [0.2, 0.25) is 18.1 Å². The number of rotatable bonds is 36. The summed E-state index contributed by atoms with van der Waals surface area (Å²) < 4.78 is 181. The molecule has 58 heavy (non-hydrogen) atoms. The van der Waals surface area contributed by atoms with Gasteiger partial charge in [-0.3, -0.25) is 14.3 Å². The molecule has 0 bridgehead atoms. The van der Waals surface area contributed by atoms with E-state index in [-0.39, 0.29) is 70.2 Å². The van der Waals surface area contributed by atoms with Crippen molar-refractivity contribution in [1.29, 1.82) is 0 Å². The maximum atomic E-state index is 15.5. The first kappa shape index (κ1) is 57.0. The lowest BCUT2D eigenvalue weighted by Crippen LogP contribution is -2.51. The van der Waals surface area contributed by atoms with Crippen molar-refractivity contribution >= 4 is 32.3 Å². The molecule has 0 unspecified atom stereocenters. The molecule has 0 N–H and O–H groups in total. The van der Waals surface area contributed by atoms with Crippen LogP contribution in [0.4, 0.5) is 35.1 Å². The van der Waals surface area contributed by atoms with Crippen molar-refractivity contribution in [2.75, 3.05) is 104 Å². The van der Waals surface area contributed by atoms with E-state index in [0.717, 1.165) is 0 Å². The zero-order valence-electron chi connectivity index (χ0n) is 35.3. The predicted octanol–water partition coefficient (Wildman–Crippen LogP) is 6.25. The standard InChI is InChI=1S/C32H63F8NO14Si3/c1-12-52-25-32(39,40)55-30(35,36)24-41(27(42)22-53-26-31(37,38)54-28(2,33)34)23-29(16-13-19-56(43-3,44-4)45-5,17-14-20-57(46-6,47-7)48-8)18-15-21-58(49-9,50-10)51-11/h12-26H2,1-11H3. The van der Waals surface area contributed by atoms with Crippen molar-refractivity contribution in [3.63, 3.8) is 0 Å². The van der Waals surface area contributed by atoms with E-state index in [1.54, 1.807) is 0 Å². The highest BCUT2D eigenvalue weighted by Crippen LogP contribution is 2.41. The third-order valence-corrected chi connectivity index (χ3v) is 17.7. The molecule has 0 fully saturated rings.